The van der Waals surface area contributed by atoms with Gasteiger partial charge in [0.2, 0.25) is 10.0 Å². The van der Waals surface area contributed by atoms with Gasteiger partial charge in [0.25, 0.3) is 0 Å². The van der Waals surface area contributed by atoms with Crippen LogP contribution in [0.5, 0.6) is 0 Å². The molecule has 0 bridgehead atoms. The Balaban J connectivity index is 2.97. The molecule has 2 unspecified atom stereocenters. The Morgan fingerprint density at radius 1 is 1.15 bits per heavy atom. The molecule has 0 heterocycles. The normalized spacial score (nSPS) is 15.3. The molecular weight excluding hydrogens is 272 g/mol. The maximum absolute atomic E-state index is 12.0. The largest absolute Gasteiger partial charge is 0.314 e. The van der Waals surface area contributed by atoms with Crippen molar-refractivity contribution in [2.45, 2.75) is 44.0 Å². The van der Waals surface area contributed by atoms with Crippen LogP contribution in [0.1, 0.15) is 38.7 Å². The second-order valence-corrected chi connectivity index (χ2v) is 7.37. The first kappa shape index (κ1) is 17.1. The first-order valence-corrected chi connectivity index (χ1v) is 8.54. The molecule has 0 spiro atoms. The Hall–Kier alpha value is -0.910. The zero-order chi connectivity index (χ0) is 15.3. The maximum atomic E-state index is 12.0. The van der Waals surface area contributed by atoms with E-state index in [1.165, 1.54) is 4.31 Å². The zero-order valence-corrected chi connectivity index (χ0v) is 13.9. The van der Waals surface area contributed by atoms with E-state index in [9.17, 15) is 8.42 Å². The van der Waals surface area contributed by atoms with E-state index in [1.54, 1.807) is 26.2 Å². The smallest absolute Gasteiger partial charge is 0.242 e. The van der Waals surface area contributed by atoms with Crippen LogP contribution in [-0.2, 0) is 10.0 Å². The molecule has 0 aliphatic rings. The average Bonchev–Trinajstić information content (AvgIpc) is 2.44. The lowest BCUT2D eigenvalue weighted by atomic mass is 9.92. The van der Waals surface area contributed by atoms with E-state index in [4.69, 9.17) is 0 Å². The monoisotopic (exact) mass is 298 g/mol. The second kappa shape index (κ2) is 7.20. The summed E-state index contributed by atoms with van der Waals surface area (Å²) in [5, 5.41) is 3.47. The molecule has 5 heteroatoms. The van der Waals surface area contributed by atoms with Crippen LogP contribution in [0.2, 0.25) is 0 Å². The summed E-state index contributed by atoms with van der Waals surface area (Å²) in [6.07, 6.45) is 1.05. The quantitative estimate of drug-likeness (QED) is 0.841. The molecule has 1 N–H and O–H groups in total. The van der Waals surface area contributed by atoms with Crippen molar-refractivity contribution >= 4 is 10.0 Å². The number of hydrogen-bond acceptors (Lipinski definition) is 3. The molecule has 114 valence electrons. The van der Waals surface area contributed by atoms with Gasteiger partial charge >= 0.3 is 0 Å². The highest BCUT2D eigenvalue weighted by Crippen LogP contribution is 2.23. The molecule has 0 saturated carbocycles. The minimum Gasteiger partial charge on any atom is -0.314 e. The topological polar surface area (TPSA) is 49.4 Å². The molecule has 0 radical (unpaired) electrons. The van der Waals surface area contributed by atoms with Gasteiger partial charge in [-0.3, -0.25) is 0 Å². The molecule has 0 aliphatic carbocycles. The summed E-state index contributed by atoms with van der Waals surface area (Å²) < 4.78 is 25.3. The fraction of sp³-hybridized carbons (Fsp3) is 0.600. The number of hydrogen-bond donors (Lipinski definition) is 1. The lowest BCUT2D eigenvalue weighted by molar-refractivity contribution is 0.448. The van der Waals surface area contributed by atoms with Crippen LogP contribution in [0.3, 0.4) is 0 Å². The molecule has 1 aromatic rings. The summed E-state index contributed by atoms with van der Waals surface area (Å²) in [6, 6.07) is 7.64. The fourth-order valence-electron chi connectivity index (χ4n) is 2.32. The SMILES string of the molecule is CCNC(CC)C(C)c1ccc(S(=O)(=O)N(C)C)cc1. The summed E-state index contributed by atoms with van der Waals surface area (Å²) in [6.45, 7) is 7.37. The Bertz CT molecular complexity index is 509. The van der Waals surface area contributed by atoms with Crippen molar-refractivity contribution < 1.29 is 8.42 Å². The van der Waals surface area contributed by atoms with E-state index < -0.39 is 10.0 Å². The molecule has 0 amide bonds. The van der Waals surface area contributed by atoms with E-state index in [2.05, 4.69) is 26.1 Å². The molecule has 0 saturated heterocycles. The van der Waals surface area contributed by atoms with E-state index in [1.807, 2.05) is 12.1 Å². The number of nitrogens with zero attached hydrogens (tertiary/aromatic N) is 1. The fourth-order valence-corrected chi connectivity index (χ4v) is 3.22. The van der Waals surface area contributed by atoms with Gasteiger partial charge < -0.3 is 5.32 Å². The number of likely N-dealkylation sites (N-methyl/N-ethyl adjacent to an activating group) is 1. The van der Waals surface area contributed by atoms with Crippen LogP contribution in [0.15, 0.2) is 29.2 Å². The molecule has 0 fully saturated rings. The van der Waals surface area contributed by atoms with Gasteiger partial charge in [-0.15, -0.1) is 0 Å². The van der Waals surface area contributed by atoms with Crippen LogP contribution in [0.25, 0.3) is 0 Å². The van der Waals surface area contributed by atoms with Gasteiger partial charge in [-0.25, -0.2) is 12.7 Å². The Morgan fingerprint density at radius 2 is 1.70 bits per heavy atom. The first-order valence-electron chi connectivity index (χ1n) is 7.10. The molecule has 0 aromatic heterocycles. The van der Waals surface area contributed by atoms with Gasteiger partial charge in [0.05, 0.1) is 4.90 Å². The maximum Gasteiger partial charge on any atom is 0.242 e. The molecule has 0 aliphatic heterocycles. The minimum absolute atomic E-state index is 0.343. The van der Waals surface area contributed by atoms with Gasteiger partial charge in [-0.05, 0) is 36.6 Å². The van der Waals surface area contributed by atoms with E-state index >= 15 is 0 Å². The van der Waals surface area contributed by atoms with E-state index in [0.29, 0.717) is 16.9 Å². The van der Waals surface area contributed by atoms with E-state index in [-0.39, 0.29) is 0 Å². The molecule has 20 heavy (non-hydrogen) atoms. The highest BCUT2D eigenvalue weighted by Gasteiger charge is 2.19. The summed E-state index contributed by atoms with van der Waals surface area (Å²) >= 11 is 0. The summed E-state index contributed by atoms with van der Waals surface area (Å²) in [5.41, 5.74) is 1.16. The summed E-state index contributed by atoms with van der Waals surface area (Å²) in [5.74, 6) is 0.357. The van der Waals surface area contributed by atoms with Crippen LogP contribution in [0.4, 0.5) is 0 Å². The minimum atomic E-state index is -3.34. The van der Waals surface area contributed by atoms with Crippen molar-refractivity contribution in [3.63, 3.8) is 0 Å². The molecule has 2 atom stereocenters. The average molecular weight is 298 g/mol. The summed E-state index contributed by atoms with van der Waals surface area (Å²) in [4.78, 5) is 0.343. The van der Waals surface area contributed by atoms with Crippen molar-refractivity contribution in [2.75, 3.05) is 20.6 Å². The Kier molecular flexibility index (Phi) is 6.17. The molecular formula is C15H26N2O2S. The van der Waals surface area contributed by atoms with Gasteiger partial charge in [-0.1, -0.05) is 32.9 Å². The van der Waals surface area contributed by atoms with Gasteiger partial charge in [0.15, 0.2) is 0 Å². The standard InChI is InChI=1S/C15H26N2O2S/c1-6-15(16-7-2)12(3)13-8-10-14(11-9-13)20(18,19)17(4)5/h8-12,15-16H,6-7H2,1-5H3. The van der Waals surface area contributed by atoms with Gasteiger partial charge in [0.1, 0.15) is 0 Å². The van der Waals surface area contributed by atoms with Crippen molar-refractivity contribution in [1.29, 1.82) is 0 Å². The highest BCUT2D eigenvalue weighted by molar-refractivity contribution is 7.89. The predicted octanol–water partition coefficient (Wildman–Crippen LogP) is 2.43. The van der Waals surface area contributed by atoms with Crippen LogP contribution >= 0.6 is 0 Å². The van der Waals surface area contributed by atoms with Crippen LogP contribution in [0, 0.1) is 0 Å². The van der Waals surface area contributed by atoms with Crippen LogP contribution in [-0.4, -0.2) is 39.4 Å². The van der Waals surface area contributed by atoms with Crippen molar-refractivity contribution in [3.8, 4) is 0 Å². The van der Waals surface area contributed by atoms with Crippen molar-refractivity contribution in [3.05, 3.63) is 29.8 Å². The number of rotatable bonds is 7. The number of benzene rings is 1. The molecule has 1 aromatic carbocycles. The Labute approximate surface area is 123 Å². The third-order valence-electron chi connectivity index (χ3n) is 3.69. The van der Waals surface area contributed by atoms with E-state index in [0.717, 1.165) is 18.5 Å². The molecule has 1 rings (SSSR count). The lowest BCUT2D eigenvalue weighted by Crippen LogP contribution is -2.33. The second-order valence-electron chi connectivity index (χ2n) is 5.22. The zero-order valence-electron chi connectivity index (χ0n) is 13.1. The van der Waals surface area contributed by atoms with Gasteiger partial charge in [-0.2, -0.15) is 0 Å². The predicted molar refractivity (Wildman–Crippen MR) is 83.5 cm³/mol. The third-order valence-corrected chi connectivity index (χ3v) is 5.52. The lowest BCUT2D eigenvalue weighted by Gasteiger charge is -2.24. The van der Waals surface area contributed by atoms with Gasteiger partial charge in [0, 0.05) is 20.1 Å². The van der Waals surface area contributed by atoms with Crippen molar-refractivity contribution in [1.82, 2.24) is 9.62 Å². The highest BCUT2D eigenvalue weighted by atomic mass is 32.2. The first-order chi connectivity index (χ1) is 9.34. The number of sulfonamides is 1. The Morgan fingerprint density at radius 3 is 2.10 bits per heavy atom. The summed E-state index contributed by atoms with van der Waals surface area (Å²) in [7, 11) is -0.246. The van der Waals surface area contributed by atoms with Crippen molar-refractivity contribution in [2.24, 2.45) is 0 Å². The molecule has 4 nitrogen and oxygen atoms in total. The number of nitrogens with one attached hydrogen (secondary N) is 1. The van der Waals surface area contributed by atoms with Crippen LogP contribution < -0.4 is 5.32 Å². The third kappa shape index (κ3) is 3.81.